The van der Waals surface area contributed by atoms with Gasteiger partial charge in [0.05, 0.1) is 10.9 Å². The van der Waals surface area contributed by atoms with E-state index in [1.54, 1.807) is 13.0 Å². The molecule has 3 rings (SSSR count). The first kappa shape index (κ1) is 18.4. The Balaban J connectivity index is 1.86. The van der Waals surface area contributed by atoms with Crippen LogP contribution in [-0.4, -0.2) is 49.2 Å². The Bertz CT molecular complexity index is 758. The zero-order chi connectivity index (χ0) is 18.5. The number of aromatic nitrogens is 1. The summed E-state index contributed by atoms with van der Waals surface area (Å²) in [5.74, 6) is -0.101. The monoisotopic (exact) mass is 370 g/mol. The topological polar surface area (TPSA) is 89.7 Å². The first-order valence-corrected chi connectivity index (χ1v) is 10.2. The molecule has 1 aromatic heterocycles. The number of rotatable bonds is 3. The Morgan fingerprint density at radius 2 is 1.92 bits per heavy atom. The van der Waals surface area contributed by atoms with E-state index in [2.05, 4.69) is 5.16 Å². The van der Waals surface area contributed by atoms with Crippen LogP contribution in [0.2, 0.25) is 0 Å². The lowest BCUT2D eigenvalue weighted by Gasteiger charge is -2.30. The highest BCUT2D eigenvalue weighted by molar-refractivity contribution is 7.94. The van der Waals surface area contributed by atoms with Crippen LogP contribution in [0.3, 0.4) is 0 Å². The molecule has 1 atom stereocenters. The lowest BCUT2D eigenvalue weighted by Crippen LogP contribution is -2.49. The molecule has 0 N–H and O–H groups in total. The minimum Gasteiger partial charge on any atom is -0.381 e. The van der Waals surface area contributed by atoms with Gasteiger partial charge in [0.1, 0.15) is 0 Å². The molecule has 0 radical (unpaired) electrons. The summed E-state index contributed by atoms with van der Waals surface area (Å²) in [6.45, 7) is 8.71. The van der Waals surface area contributed by atoms with Crippen molar-refractivity contribution in [2.45, 2.75) is 62.4 Å². The molecule has 2 aliphatic heterocycles. The van der Waals surface area contributed by atoms with Crippen LogP contribution in [0, 0.1) is 0 Å². The Morgan fingerprint density at radius 1 is 1.28 bits per heavy atom. The van der Waals surface area contributed by atoms with Gasteiger partial charge in [0.25, 0.3) is 5.91 Å². The third kappa shape index (κ3) is 2.99. The third-order valence-corrected chi connectivity index (χ3v) is 8.26. The first-order chi connectivity index (χ1) is 11.6. The molecule has 2 saturated heterocycles. The molecule has 8 heteroatoms. The number of ether oxygens (including phenoxy) is 1. The summed E-state index contributed by atoms with van der Waals surface area (Å²) in [6.07, 6.45) is 1.15. The molecule has 0 aromatic carbocycles. The molecule has 0 aliphatic carbocycles. The van der Waals surface area contributed by atoms with Crippen molar-refractivity contribution in [2.75, 3.05) is 24.7 Å². The second-order valence-electron chi connectivity index (χ2n) is 8.09. The molecular weight excluding hydrogens is 344 g/mol. The van der Waals surface area contributed by atoms with Gasteiger partial charge < -0.3 is 9.26 Å². The summed E-state index contributed by atoms with van der Waals surface area (Å²) in [4.78, 5) is 14.4. The number of anilines is 1. The van der Waals surface area contributed by atoms with Crippen LogP contribution in [0.4, 0.5) is 5.88 Å². The molecule has 2 aliphatic rings. The third-order valence-electron chi connectivity index (χ3n) is 5.28. The van der Waals surface area contributed by atoms with Crippen LogP contribution in [0.1, 0.15) is 52.7 Å². The molecule has 0 spiro atoms. The molecule has 1 aromatic rings. The number of carbonyl (C=O) groups is 1. The van der Waals surface area contributed by atoms with Gasteiger partial charge in [-0.3, -0.25) is 9.69 Å². The van der Waals surface area contributed by atoms with Crippen molar-refractivity contribution >= 4 is 21.6 Å². The minimum atomic E-state index is -3.61. The molecule has 0 bridgehead atoms. The van der Waals surface area contributed by atoms with Gasteiger partial charge in [0, 0.05) is 31.2 Å². The van der Waals surface area contributed by atoms with E-state index in [4.69, 9.17) is 9.26 Å². The van der Waals surface area contributed by atoms with Crippen molar-refractivity contribution in [2.24, 2.45) is 0 Å². The van der Waals surface area contributed by atoms with Crippen LogP contribution in [0.5, 0.6) is 0 Å². The Morgan fingerprint density at radius 3 is 2.48 bits per heavy atom. The predicted molar refractivity (Wildman–Crippen MR) is 93.3 cm³/mol. The van der Waals surface area contributed by atoms with Gasteiger partial charge in [0.15, 0.2) is 14.6 Å². The summed E-state index contributed by atoms with van der Waals surface area (Å²) < 4.78 is 35.4. The van der Waals surface area contributed by atoms with Gasteiger partial charge in [-0.25, -0.2) is 8.42 Å². The number of sulfone groups is 1. The first-order valence-electron chi connectivity index (χ1n) is 8.68. The van der Waals surface area contributed by atoms with Crippen molar-refractivity contribution in [3.8, 4) is 0 Å². The van der Waals surface area contributed by atoms with Crippen LogP contribution in [0.15, 0.2) is 10.6 Å². The van der Waals surface area contributed by atoms with E-state index in [-0.39, 0.29) is 11.8 Å². The standard InChI is InChI=1S/C17H26N2O5S/c1-16(2,3)13-11-14(24-18-13)19-8-7-17(4,15(19)20)25(21,22)12-5-9-23-10-6-12/h11-12H,5-10H2,1-4H3. The fourth-order valence-electron chi connectivity index (χ4n) is 3.39. The second kappa shape index (κ2) is 6.09. The van der Waals surface area contributed by atoms with Crippen molar-refractivity contribution in [3.63, 3.8) is 0 Å². The summed E-state index contributed by atoms with van der Waals surface area (Å²) >= 11 is 0. The zero-order valence-electron chi connectivity index (χ0n) is 15.2. The van der Waals surface area contributed by atoms with Crippen LogP contribution < -0.4 is 4.90 Å². The van der Waals surface area contributed by atoms with Gasteiger partial charge in [-0.15, -0.1) is 0 Å². The van der Waals surface area contributed by atoms with Gasteiger partial charge in [-0.2, -0.15) is 0 Å². The summed E-state index contributed by atoms with van der Waals surface area (Å²) in [5, 5.41) is 3.51. The van der Waals surface area contributed by atoms with Gasteiger partial charge >= 0.3 is 0 Å². The van der Waals surface area contributed by atoms with E-state index in [0.717, 1.165) is 5.69 Å². The molecule has 1 unspecified atom stereocenters. The SMILES string of the molecule is CC(C)(C)c1cc(N2CCC(C)(S(=O)(=O)C3CCOCC3)C2=O)on1. The molecule has 25 heavy (non-hydrogen) atoms. The van der Waals surface area contributed by atoms with E-state index in [1.807, 2.05) is 20.8 Å². The highest BCUT2D eigenvalue weighted by Gasteiger charge is 2.56. The number of hydrogen-bond acceptors (Lipinski definition) is 6. The van der Waals surface area contributed by atoms with E-state index in [1.165, 1.54) is 4.90 Å². The fraction of sp³-hybridized carbons (Fsp3) is 0.765. The van der Waals surface area contributed by atoms with Gasteiger partial charge in [0.2, 0.25) is 5.88 Å². The molecule has 140 valence electrons. The van der Waals surface area contributed by atoms with Crippen molar-refractivity contribution < 1.29 is 22.5 Å². The van der Waals surface area contributed by atoms with E-state index in [0.29, 0.717) is 38.5 Å². The zero-order valence-corrected chi connectivity index (χ0v) is 16.1. The number of nitrogens with zero attached hydrogens (tertiary/aromatic N) is 2. The van der Waals surface area contributed by atoms with Crippen molar-refractivity contribution in [3.05, 3.63) is 11.8 Å². The quantitative estimate of drug-likeness (QED) is 0.809. The second-order valence-corrected chi connectivity index (χ2v) is 10.8. The van der Waals surface area contributed by atoms with Gasteiger partial charge in [-0.1, -0.05) is 25.9 Å². The summed E-state index contributed by atoms with van der Waals surface area (Å²) in [6, 6.07) is 1.73. The average molecular weight is 370 g/mol. The van der Waals surface area contributed by atoms with E-state index >= 15 is 0 Å². The molecular formula is C17H26N2O5S. The summed E-state index contributed by atoms with van der Waals surface area (Å²) in [5.41, 5.74) is 0.526. The minimum absolute atomic E-state index is 0.206. The highest BCUT2D eigenvalue weighted by Crippen LogP contribution is 2.39. The molecule has 0 saturated carbocycles. The van der Waals surface area contributed by atoms with Crippen molar-refractivity contribution in [1.82, 2.24) is 5.16 Å². The Hall–Kier alpha value is -1.41. The number of amides is 1. The number of hydrogen-bond donors (Lipinski definition) is 0. The van der Waals surface area contributed by atoms with Crippen molar-refractivity contribution in [1.29, 1.82) is 0 Å². The normalized spacial score (nSPS) is 26.4. The fourth-order valence-corrected chi connectivity index (χ4v) is 5.67. The maximum absolute atomic E-state index is 13.1. The summed E-state index contributed by atoms with van der Waals surface area (Å²) in [7, 11) is -3.61. The van der Waals surface area contributed by atoms with Crippen LogP contribution in [0.25, 0.3) is 0 Å². The van der Waals surface area contributed by atoms with Crippen LogP contribution >= 0.6 is 0 Å². The smallest absolute Gasteiger partial charge is 0.250 e. The predicted octanol–water partition coefficient (Wildman–Crippen LogP) is 2.06. The molecule has 1 amide bonds. The lowest BCUT2D eigenvalue weighted by molar-refractivity contribution is -0.119. The molecule has 3 heterocycles. The number of carbonyl (C=O) groups excluding carboxylic acids is 1. The molecule has 7 nitrogen and oxygen atoms in total. The maximum atomic E-state index is 13.1. The largest absolute Gasteiger partial charge is 0.381 e. The highest BCUT2D eigenvalue weighted by atomic mass is 32.2. The Labute approximate surface area is 148 Å². The van der Waals surface area contributed by atoms with E-state index in [9.17, 15) is 13.2 Å². The van der Waals surface area contributed by atoms with Crippen LogP contribution in [-0.2, 0) is 24.8 Å². The van der Waals surface area contributed by atoms with Gasteiger partial charge in [-0.05, 0) is 26.2 Å². The van der Waals surface area contributed by atoms with E-state index < -0.39 is 25.7 Å². The Kier molecular flexibility index (Phi) is 4.48. The lowest BCUT2D eigenvalue weighted by atomic mass is 9.92. The maximum Gasteiger partial charge on any atom is 0.250 e. The molecule has 2 fully saturated rings. The average Bonchev–Trinajstić information content (AvgIpc) is 3.15.